The van der Waals surface area contributed by atoms with Crippen molar-refractivity contribution in [1.82, 2.24) is 0 Å². The first kappa shape index (κ1) is 10.9. The maximum Gasteiger partial charge on any atom is 0.176 e. The van der Waals surface area contributed by atoms with E-state index in [9.17, 15) is 4.79 Å². The number of nitriles is 1. The van der Waals surface area contributed by atoms with E-state index in [1.807, 2.05) is 6.92 Å². The van der Waals surface area contributed by atoms with Gasteiger partial charge in [-0.3, -0.25) is 4.79 Å². The fraction of sp³-hybridized carbons (Fsp3) is 0.273. The highest BCUT2D eigenvalue weighted by Crippen LogP contribution is 2.14. The summed E-state index contributed by atoms with van der Waals surface area (Å²) in [6, 6.07) is 7.24. The molecule has 0 bridgehead atoms. The Bertz CT molecular complexity index is 404. The van der Waals surface area contributed by atoms with Crippen LogP contribution in [0.2, 0.25) is 0 Å². The number of aryl methyl sites for hydroxylation is 1. The van der Waals surface area contributed by atoms with Gasteiger partial charge in [-0.05, 0) is 25.5 Å². The Balaban J connectivity index is 3.15. The van der Waals surface area contributed by atoms with Crippen LogP contribution in [0.4, 0.5) is 0 Å². The SMILES string of the molecule is Cc1ccc(C(=O)C(C)Br)cc1C#N. The largest absolute Gasteiger partial charge is 0.293 e. The predicted molar refractivity (Wildman–Crippen MR) is 58.6 cm³/mol. The molecule has 72 valence electrons. The molecule has 0 aliphatic heterocycles. The Morgan fingerprint density at radius 1 is 1.57 bits per heavy atom. The average molecular weight is 252 g/mol. The number of Topliss-reactive ketones (excluding diaryl/α,β-unsaturated/α-hetero) is 1. The van der Waals surface area contributed by atoms with Gasteiger partial charge in [0, 0.05) is 5.56 Å². The predicted octanol–water partition coefficient (Wildman–Crippen LogP) is 2.83. The topological polar surface area (TPSA) is 40.9 Å². The number of carbonyl (C=O) groups is 1. The molecule has 0 aromatic heterocycles. The van der Waals surface area contributed by atoms with Crippen molar-refractivity contribution in [2.24, 2.45) is 0 Å². The number of hydrogen-bond acceptors (Lipinski definition) is 2. The monoisotopic (exact) mass is 251 g/mol. The normalized spacial score (nSPS) is 11.9. The summed E-state index contributed by atoms with van der Waals surface area (Å²) in [4.78, 5) is 11.4. The van der Waals surface area contributed by atoms with Crippen molar-refractivity contribution in [2.75, 3.05) is 0 Å². The molecule has 0 fully saturated rings. The van der Waals surface area contributed by atoms with Crippen molar-refractivity contribution in [3.8, 4) is 6.07 Å². The first-order valence-electron chi connectivity index (χ1n) is 4.25. The first-order chi connectivity index (χ1) is 6.56. The minimum atomic E-state index is -0.211. The van der Waals surface area contributed by atoms with Crippen LogP contribution in [0.5, 0.6) is 0 Å². The fourth-order valence-corrected chi connectivity index (χ4v) is 1.39. The molecule has 0 saturated heterocycles. The molecule has 0 N–H and O–H groups in total. The van der Waals surface area contributed by atoms with Gasteiger partial charge in [-0.2, -0.15) is 5.26 Å². The molecule has 0 aliphatic rings. The zero-order valence-corrected chi connectivity index (χ0v) is 9.63. The summed E-state index contributed by atoms with van der Waals surface area (Å²) >= 11 is 3.21. The molecule has 1 atom stereocenters. The van der Waals surface area contributed by atoms with Gasteiger partial charge in [0.15, 0.2) is 5.78 Å². The second kappa shape index (κ2) is 4.39. The molecular formula is C11H10BrNO. The lowest BCUT2D eigenvalue weighted by Crippen LogP contribution is -2.10. The van der Waals surface area contributed by atoms with Crippen molar-refractivity contribution in [2.45, 2.75) is 18.7 Å². The third-order valence-corrected chi connectivity index (χ3v) is 2.42. The number of halogens is 1. The number of rotatable bonds is 2. The summed E-state index contributed by atoms with van der Waals surface area (Å²) < 4.78 is 0. The number of carbonyl (C=O) groups excluding carboxylic acids is 1. The summed E-state index contributed by atoms with van der Waals surface area (Å²) in [6.45, 7) is 3.62. The van der Waals surface area contributed by atoms with E-state index in [0.717, 1.165) is 5.56 Å². The molecular weight excluding hydrogens is 242 g/mol. The molecule has 0 amide bonds. The van der Waals surface area contributed by atoms with Crippen LogP contribution < -0.4 is 0 Å². The third kappa shape index (κ3) is 2.21. The van der Waals surface area contributed by atoms with Gasteiger partial charge in [0.1, 0.15) is 0 Å². The standard InChI is InChI=1S/C11H10BrNO/c1-7-3-4-9(5-10(7)6-13)11(14)8(2)12/h3-5,8H,1-2H3. The molecule has 14 heavy (non-hydrogen) atoms. The lowest BCUT2D eigenvalue weighted by atomic mass is 10.0. The molecule has 1 aromatic carbocycles. The van der Waals surface area contributed by atoms with Gasteiger partial charge < -0.3 is 0 Å². The van der Waals surface area contributed by atoms with Crippen molar-refractivity contribution < 1.29 is 4.79 Å². The number of benzene rings is 1. The molecule has 0 heterocycles. The second-order valence-electron chi connectivity index (χ2n) is 3.12. The van der Waals surface area contributed by atoms with Crippen LogP contribution >= 0.6 is 15.9 Å². The molecule has 1 rings (SSSR count). The van der Waals surface area contributed by atoms with Crippen LogP contribution in [-0.2, 0) is 0 Å². The van der Waals surface area contributed by atoms with E-state index in [0.29, 0.717) is 11.1 Å². The van der Waals surface area contributed by atoms with Crippen LogP contribution in [0, 0.1) is 18.3 Å². The zero-order chi connectivity index (χ0) is 10.7. The maximum atomic E-state index is 11.6. The van der Waals surface area contributed by atoms with Crippen LogP contribution in [0.25, 0.3) is 0 Å². The second-order valence-corrected chi connectivity index (χ2v) is 4.50. The zero-order valence-electron chi connectivity index (χ0n) is 8.04. The molecule has 3 heteroatoms. The van der Waals surface area contributed by atoms with Gasteiger partial charge in [0.05, 0.1) is 16.5 Å². The Kier molecular flexibility index (Phi) is 3.43. The van der Waals surface area contributed by atoms with E-state index >= 15 is 0 Å². The van der Waals surface area contributed by atoms with Gasteiger partial charge in [-0.15, -0.1) is 0 Å². The Morgan fingerprint density at radius 3 is 2.71 bits per heavy atom. The van der Waals surface area contributed by atoms with Crippen LogP contribution in [0.3, 0.4) is 0 Å². The summed E-state index contributed by atoms with van der Waals surface area (Å²) in [5, 5.41) is 8.79. The summed E-state index contributed by atoms with van der Waals surface area (Å²) in [5.74, 6) is 0.00139. The molecule has 0 saturated carbocycles. The Morgan fingerprint density at radius 2 is 2.21 bits per heavy atom. The third-order valence-electron chi connectivity index (χ3n) is 2.00. The Labute approximate surface area is 91.7 Å². The van der Waals surface area contributed by atoms with E-state index in [-0.39, 0.29) is 10.6 Å². The average Bonchev–Trinajstić information content (AvgIpc) is 2.17. The lowest BCUT2D eigenvalue weighted by Gasteiger charge is -2.04. The lowest BCUT2D eigenvalue weighted by molar-refractivity contribution is 0.0996. The van der Waals surface area contributed by atoms with E-state index in [2.05, 4.69) is 22.0 Å². The first-order valence-corrected chi connectivity index (χ1v) is 5.17. The highest BCUT2D eigenvalue weighted by atomic mass is 79.9. The van der Waals surface area contributed by atoms with E-state index in [4.69, 9.17) is 5.26 Å². The van der Waals surface area contributed by atoms with Gasteiger partial charge in [-0.1, -0.05) is 28.1 Å². The Hall–Kier alpha value is -1.14. The highest BCUT2D eigenvalue weighted by molar-refractivity contribution is 9.10. The van der Waals surface area contributed by atoms with Crippen molar-refractivity contribution in [3.63, 3.8) is 0 Å². The van der Waals surface area contributed by atoms with Gasteiger partial charge >= 0.3 is 0 Å². The van der Waals surface area contributed by atoms with E-state index < -0.39 is 0 Å². The molecule has 0 spiro atoms. The number of nitrogens with zero attached hydrogens (tertiary/aromatic N) is 1. The molecule has 1 aromatic rings. The summed E-state index contributed by atoms with van der Waals surface area (Å²) in [7, 11) is 0. The molecule has 1 unspecified atom stereocenters. The maximum absolute atomic E-state index is 11.6. The van der Waals surface area contributed by atoms with Crippen LogP contribution in [0.1, 0.15) is 28.4 Å². The number of hydrogen-bond donors (Lipinski definition) is 0. The minimum absolute atomic E-state index is 0.00139. The van der Waals surface area contributed by atoms with Crippen LogP contribution in [0.15, 0.2) is 18.2 Å². The van der Waals surface area contributed by atoms with Gasteiger partial charge in [0.25, 0.3) is 0 Å². The van der Waals surface area contributed by atoms with E-state index in [1.165, 1.54) is 0 Å². The summed E-state index contributed by atoms with van der Waals surface area (Å²) in [6.07, 6.45) is 0. The molecule has 0 aliphatic carbocycles. The number of ketones is 1. The quantitative estimate of drug-likeness (QED) is 0.599. The smallest absolute Gasteiger partial charge is 0.176 e. The summed E-state index contributed by atoms with van der Waals surface area (Å²) in [5.41, 5.74) is 2.03. The van der Waals surface area contributed by atoms with Gasteiger partial charge in [-0.25, -0.2) is 0 Å². The molecule has 2 nitrogen and oxygen atoms in total. The number of alkyl halides is 1. The van der Waals surface area contributed by atoms with E-state index in [1.54, 1.807) is 25.1 Å². The molecule has 0 radical (unpaired) electrons. The highest BCUT2D eigenvalue weighted by Gasteiger charge is 2.12. The van der Waals surface area contributed by atoms with Crippen molar-refractivity contribution >= 4 is 21.7 Å². The minimum Gasteiger partial charge on any atom is -0.293 e. The van der Waals surface area contributed by atoms with Crippen molar-refractivity contribution in [1.29, 1.82) is 5.26 Å². The van der Waals surface area contributed by atoms with Gasteiger partial charge in [0.2, 0.25) is 0 Å². The fourth-order valence-electron chi connectivity index (χ4n) is 1.13. The van der Waals surface area contributed by atoms with Crippen LogP contribution in [-0.4, -0.2) is 10.6 Å². The van der Waals surface area contributed by atoms with Crippen molar-refractivity contribution in [3.05, 3.63) is 34.9 Å².